The Morgan fingerprint density at radius 2 is 2.00 bits per heavy atom. The minimum atomic E-state index is 0. The van der Waals surface area contributed by atoms with Crippen molar-refractivity contribution in [2.45, 2.75) is 51.6 Å². The molecule has 0 saturated carbocycles. The van der Waals surface area contributed by atoms with Crippen molar-refractivity contribution in [1.29, 1.82) is 0 Å². The number of benzene rings is 1. The molecule has 0 aliphatic carbocycles. The molecule has 0 spiro atoms. The zero-order chi connectivity index (χ0) is 17.5. The van der Waals surface area contributed by atoms with Crippen molar-refractivity contribution < 1.29 is 4.79 Å². The first-order chi connectivity index (χ1) is 12.2. The van der Waals surface area contributed by atoms with Gasteiger partial charge in [-0.25, -0.2) is 0 Å². The molecule has 2 aliphatic rings. The summed E-state index contributed by atoms with van der Waals surface area (Å²) in [5.74, 6) is 1.35. The van der Waals surface area contributed by atoms with E-state index in [1.54, 1.807) is 0 Å². The third-order valence-electron chi connectivity index (χ3n) is 5.91. The SMILES string of the molecule is CC(CC(=O)NCC1CCCN1Cc1ccccc1)C1CCCNC1.Cl.Cl. The summed E-state index contributed by atoms with van der Waals surface area (Å²) in [5, 5.41) is 6.67. The number of carbonyl (C=O) groups is 1. The standard InChI is InChI=1S/C21H33N3O.2ClH/c1-17(19-9-5-11-22-14-19)13-21(25)23-15-20-10-6-12-24(20)16-18-7-3-2-4-8-18;;/h2-4,7-8,17,19-20,22H,5-6,9-16H2,1H3,(H,23,25);2*1H. The second-order valence-corrected chi connectivity index (χ2v) is 7.84. The first kappa shape index (κ1) is 24.2. The van der Waals surface area contributed by atoms with Crippen LogP contribution in [0.1, 0.15) is 44.6 Å². The molecule has 2 aliphatic heterocycles. The van der Waals surface area contributed by atoms with Crippen molar-refractivity contribution >= 4 is 30.7 Å². The molecule has 0 radical (unpaired) electrons. The predicted octanol–water partition coefficient (Wildman–Crippen LogP) is 3.64. The molecular formula is C21H35Cl2N3O. The molecule has 0 bridgehead atoms. The van der Waals surface area contributed by atoms with Gasteiger partial charge >= 0.3 is 0 Å². The van der Waals surface area contributed by atoms with E-state index in [0.29, 0.717) is 24.3 Å². The fraction of sp³-hybridized carbons (Fsp3) is 0.667. The Kier molecular flexibility index (Phi) is 11.3. The van der Waals surface area contributed by atoms with E-state index in [1.165, 1.54) is 31.2 Å². The van der Waals surface area contributed by atoms with E-state index < -0.39 is 0 Å². The lowest BCUT2D eigenvalue weighted by Crippen LogP contribution is -2.41. The van der Waals surface area contributed by atoms with Gasteiger partial charge in [0.05, 0.1) is 0 Å². The summed E-state index contributed by atoms with van der Waals surface area (Å²) in [6.07, 6.45) is 5.59. The van der Waals surface area contributed by atoms with Gasteiger partial charge in [0.15, 0.2) is 0 Å². The number of halogens is 2. The number of nitrogens with one attached hydrogen (secondary N) is 2. The van der Waals surface area contributed by atoms with Crippen LogP contribution in [0.2, 0.25) is 0 Å². The number of nitrogens with zero attached hydrogens (tertiary/aromatic N) is 1. The normalized spacial score (nSPS) is 23.7. The molecular weight excluding hydrogens is 381 g/mol. The minimum absolute atomic E-state index is 0. The molecule has 6 heteroatoms. The largest absolute Gasteiger partial charge is 0.355 e. The highest BCUT2D eigenvalue weighted by Crippen LogP contribution is 2.23. The average Bonchev–Trinajstić information content (AvgIpc) is 3.08. The number of likely N-dealkylation sites (tertiary alicyclic amines) is 1. The van der Waals surface area contributed by atoms with Crippen molar-refractivity contribution in [3.8, 4) is 0 Å². The Morgan fingerprint density at radius 1 is 1.22 bits per heavy atom. The Bertz CT molecular complexity index is 537. The van der Waals surface area contributed by atoms with Gasteiger partial charge in [0.25, 0.3) is 0 Å². The topological polar surface area (TPSA) is 44.4 Å². The van der Waals surface area contributed by atoms with Crippen molar-refractivity contribution in [1.82, 2.24) is 15.5 Å². The number of carbonyl (C=O) groups excluding carboxylic acids is 1. The van der Waals surface area contributed by atoms with E-state index in [2.05, 4.69) is 52.8 Å². The van der Waals surface area contributed by atoms with Crippen LogP contribution in [0, 0.1) is 11.8 Å². The molecule has 3 atom stereocenters. The van der Waals surface area contributed by atoms with Crippen LogP contribution < -0.4 is 10.6 Å². The quantitative estimate of drug-likeness (QED) is 0.714. The molecule has 27 heavy (non-hydrogen) atoms. The second-order valence-electron chi connectivity index (χ2n) is 7.84. The predicted molar refractivity (Wildman–Crippen MR) is 117 cm³/mol. The van der Waals surface area contributed by atoms with Crippen LogP contribution >= 0.6 is 24.8 Å². The average molecular weight is 416 g/mol. The summed E-state index contributed by atoms with van der Waals surface area (Å²) >= 11 is 0. The Morgan fingerprint density at radius 3 is 2.70 bits per heavy atom. The lowest BCUT2D eigenvalue weighted by molar-refractivity contribution is -0.122. The van der Waals surface area contributed by atoms with E-state index in [9.17, 15) is 4.79 Å². The van der Waals surface area contributed by atoms with Crippen LogP contribution in [-0.2, 0) is 11.3 Å². The molecule has 1 aromatic rings. The summed E-state index contributed by atoms with van der Waals surface area (Å²) in [6, 6.07) is 11.1. The van der Waals surface area contributed by atoms with Gasteiger partial charge in [-0.15, -0.1) is 24.8 Å². The second kappa shape index (κ2) is 12.6. The van der Waals surface area contributed by atoms with E-state index >= 15 is 0 Å². The van der Waals surface area contributed by atoms with Crippen molar-refractivity contribution in [3.63, 3.8) is 0 Å². The number of amides is 1. The summed E-state index contributed by atoms with van der Waals surface area (Å²) < 4.78 is 0. The Labute approximate surface area is 176 Å². The van der Waals surface area contributed by atoms with Crippen LogP contribution in [0.25, 0.3) is 0 Å². The van der Waals surface area contributed by atoms with E-state index in [0.717, 1.165) is 32.7 Å². The van der Waals surface area contributed by atoms with Gasteiger partial charge in [0.1, 0.15) is 0 Å². The van der Waals surface area contributed by atoms with Crippen LogP contribution in [0.3, 0.4) is 0 Å². The summed E-state index contributed by atoms with van der Waals surface area (Å²) in [5.41, 5.74) is 1.36. The van der Waals surface area contributed by atoms with Crippen LogP contribution in [0.5, 0.6) is 0 Å². The van der Waals surface area contributed by atoms with Crippen molar-refractivity contribution in [2.75, 3.05) is 26.2 Å². The first-order valence-corrected chi connectivity index (χ1v) is 9.98. The van der Waals surface area contributed by atoms with Gasteiger partial charge in [0.2, 0.25) is 5.91 Å². The smallest absolute Gasteiger partial charge is 0.220 e. The number of piperidine rings is 1. The highest BCUT2D eigenvalue weighted by molar-refractivity contribution is 5.85. The fourth-order valence-corrected chi connectivity index (χ4v) is 4.28. The van der Waals surface area contributed by atoms with E-state index in [-0.39, 0.29) is 30.7 Å². The van der Waals surface area contributed by atoms with Crippen LogP contribution in [-0.4, -0.2) is 43.0 Å². The maximum atomic E-state index is 12.4. The molecule has 2 saturated heterocycles. The molecule has 0 aromatic heterocycles. The summed E-state index contributed by atoms with van der Waals surface area (Å²) in [7, 11) is 0. The van der Waals surface area contributed by atoms with Crippen LogP contribution in [0.4, 0.5) is 0 Å². The summed E-state index contributed by atoms with van der Waals surface area (Å²) in [6.45, 7) is 7.36. The van der Waals surface area contributed by atoms with Crippen LogP contribution in [0.15, 0.2) is 30.3 Å². The molecule has 2 fully saturated rings. The number of rotatable bonds is 7. The molecule has 4 nitrogen and oxygen atoms in total. The van der Waals surface area contributed by atoms with Gasteiger partial charge in [-0.1, -0.05) is 37.3 Å². The maximum absolute atomic E-state index is 12.4. The third-order valence-corrected chi connectivity index (χ3v) is 5.91. The molecule has 1 amide bonds. The molecule has 3 rings (SSSR count). The first-order valence-electron chi connectivity index (χ1n) is 9.98. The monoisotopic (exact) mass is 415 g/mol. The highest BCUT2D eigenvalue weighted by Gasteiger charge is 2.26. The lowest BCUT2D eigenvalue weighted by Gasteiger charge is -2.28. The third kappa shape index (κ3) is 7.61. The maximum Gasteiger partial charge on any atom is 0.220 e. The van der Waals surface area contributed by atoms with E-state index in [4.69, 9.17) is 0 Å². The fourth-order valence-electron chi connectivity index (χ4n) is 4.28. The minimum Gasteiger partial charge on any atom is -0.355 e. The Balaban J connectivity index is 0.00000182. The number of hydrogen-bond acceptors (Lipinski definition) is 3. The highest BCUT2D eigenvalue weighted by atomic mass is 35.5. The molecule has 2 N–H and O–H groups in total. The molecule has 154 valence electrons. The van der Waals surface area contributed by atoms with Crippen molar-refractivity contribution in [2.24, 2.45) is 11.8 Å². The van der Waals surface area contributed by atoms with E-state index in [1.807, 2.05) is 0 Å². The van der Waals surface area contributed by atoms with Crippen molar-refractivity contribution in [3.05, 3.63) is 35.9 Å². The van der Waals surface area contributed by atoms with Gasteiger partial charge in [-0.2, -0.15) is 0 Å². The molecule has 3 unspecified atom stereocenters. The van der Waals surface area contributed by atoms with Gasteiger partial charge in [-0.3, -0.25) is 9.69 Å². The molecule has 1 aromatic carbocycles. The van der Waals surface area contributed by atoms with Gasteiger partial charge < -0.3 is 10.6 Å². The molecule has 2 heterocycles. The zero-order valence-electron chi connectivity index (χ0n) is 16.4. The number of hydrogen-bond donors (Lipinski definition) is 2. The summed E-state index contributed by atoms with van der Waals surface area (Å²) in [4.78, 5) is 14.9. The van der Waals surface area contributed by atoms with Gasteiger partial charge in [-0.05, 0) is 62.7 Å². The van der Waals surface area contributed by atoms with Gasteiger partial charge in [0, 0.05) is 25.6 Å². The zero-order valence-corrected chi connectivity index (χ0v) is 18.0. The Hall–Kier alpha value is -0.810. The lowest BCUT2D eigenvalue weighted by atomic mass is 9.85.